The summed E-state index contributed by atoms with van der Waals surface area (Å²) in [4.78, 5) is 2.46. The number of anilines is 3. The molecule has 1 aliphatic carbocycles. The number of hydrogen-bond donors (Lipinski definition) is 0. The fourth-order valence-electron chi connectivity index (χ4n) is 10.4. The molecule has 2 heterocycles. The molecule has 60 heavy (non-hydrogen) atoms. The van der Waals surface area contributed by atoms with Crippen molar-refractivity contribution in [3.8, 4) is 22.3 Å². The van der Waals surface area contributed by atoms with Gasteiger partial charge in [0.25, 0.3) is 0 Å². The van der Waals surface area contributed by atoms with Crippen LogP contribution in [0.25, 0.3) is 98.4 Å². The smallest absolute Gasteiger partial charge is 0.144 e. The van der Waals surface area contributed by atoms with E-state index >= 15 is 0 Å². The number of rotatable bonds is 4. The Balaban J connectivity index is 1.09. The van der Waals surface area contributed by atoms with Gasteiger partial charge in [-0.05, 0) is 97.7 Å². The predicted octanol–water partition coefficient (Wildman–Crippen LogP) is 16.4. The van der Waals surface area contributed by atoms with Crippen LogP contribution in [0.5, 0.6) is 0 Å². The largest absolute Gasteiger partial charge is 0.455 e. The third kappa shape index (κ3) is 4.60. The third-order valence-corrected chi connectivity index (χ3v) is 13.2. The van der Waals surface area contributed by atoms with Gasteiger partial charge in [0.2, 0.25) is 0 Å². The standard InChI is InChI=1S/C57H37NO2/c1-57(2)49-24-11-9-19-41(49)42-28-26-37(33-50(42)57)58(51-31-35-15-3-5-16-38(35)40-18-7-8-20-43(40)51)36-27-29-53-47(32-36)48-30-34-14-4-6-17-39(34)54(56(48)60-53)46-23-13-22-45-44-21-10-12-25-52(44)59-55(45)46/h3-33H,1-2H3. The third-order valence-electron chi connectivity index (χ3n) is 13.2. The van der Waals surface area contributed by atoms with Gasteiger partial charge in [-0.2, -0.15) is 0 Å². The van der Waals surface area contributed by atoms with Gasteiger partial charge >= 0.3 is 0 Å². The molecule has 0 radical (unpaired) electrons. The zero-order valence-corrected chi connectivity index (χ0v) is 33.2. The van der Waals surface area contributed by atoms with E-state index in [-0.39, 0.29) is 5.41 Å². The Hall–Kier alpha value is -7.62. The molecule has 13 rings (SSSR count). The molecule has 0 amide bonds. The van der Waals surface area contributed by atoms with E-state index in [1.54, 1.807) is 0 Å². The second-order valence-electron chi connectivity index (χ2n) is 16.8. The summed E-state index contributed by atoms with van der Waals surface area (Å²) in [6, 6.07) is 68.2. The van der Waals surface area contributed by atoms with Crippen LogP contribution in [0.2, 0.25) is 0 Å². The number of para-hydroxylation sites is 2. The zero-order chi connectivity index (χ0) is 39.7. The second-order valence-corrected chi connectivity index (χ2v) is 16.8. The average molecular weight is 768 g/mol. The van der Waals surface area contributed by atoms with Crippen molar-refractivity contribution in [2.75, 3.05) is 4.90 Å². The maximum atomic E-state index is 7.01. The molecule has 12 aromatic rings. The molecule has 0 spiro atoms. The molecule has 0 N–H and O–H groups in total. The van der Waals surface area contributed by atoms with E-state index in [2.05, 4.69) is 195 Å². The molecule has 3 heteroatoms. The van der Waals surface area contributed by atoms with Crippen LogP contribution in [-0.4, -0.2) is 0 Å². The maximum Gasteiger partial charge on any atom is 0.144 e. The van der Waals surface area contributed by atoms with Gasteiger partial charge < -0.3 is 13.7 Å². The maximum absolute atomic E-state index is 7.01. The van der Waals surface area contributed by atoms with Crippen LogP contribution in [0, 0.1) is 0 Å². The first-order valence-corrected chi connectivity index (χ1v) is 20.7. The van der Waals surface area contributed by atoms with E-state index < -0.39 is 0 Å². The minimum Gasteiger partial charge on any atom is -0.455 e. The molecular formula is C57H37NO2. The molecule has 282 valence electrons. The first-order chi connectivity index (χ1) is 29.5. The van der Waals surface area contributed by atoms with Crippen molar-refractivity contribution >= 4 is 93.3 Å². The summed E-state index contributed by atoms with van der Waals surface area (Å²) in [6.07, 6.45) is 0. The van der Waals surface area contributed by atoms with Gasteiger partial charge in [-0.1, -0.05) is 153 Å². The molecule has 0 bridgehead atoms. The summed E-state index contributed by atoms with van der Waals surface area (Å²) < 4.78 is 13.6. The van der Waals surface area contributed by atoms with Crippen molar-refractivity contribution in [1.29, 1.82) is 0 Å². The van der Waals surface area contributed by atoms with Crippen molar-refractivity contribution in [2.24, 2.45) is 0 Å². The Morgan fingerprint density at radius 2 is 0.967 bits per heavy atom. The van der Waals surface area contributed by atoms with E-state index in [0.29, 0.717) is 0 Å². The summed E-state index contributed by atoms with van der Waals surface area (Å²) in [5.41, 5.74) is 14.0. The highest BCUT2D eigenvalue weighted by molar-refractivity contribution is 6.22. The normalized spacial score (nSPS) is 13.3. The van der Waals surface area contributed by atoms with Crippen LogP contribution < -0.4 is 4.90 Å². The van der Waals surface area contributed by atoms with E-state index in [0.717, 1.165) is 82.8 Å². The SMILES string of the molecule is CC1(C)c2ccccc2-c2ccc(N(c3ccc4oc5c(-c6cccc7c6oc6ccccc67)c6ccccc6cc5c4c3)c3cc4ccccc4c4ccccc34)cc21. The molecule has 0 atom stereocenters. The number of hydrogen-bond acceptors (Lipinski definition) is 3. The highest BCUT2D eigenvalue weighted by atomic mass is 16.3. The Morgan fingerprint density at radius 3 is 1.83 bits per heavy atom. The Labute approximate surface area is 346 Å². The lowest BCUT2D eigenvalue weighted by Crippen LogP contribution is -2.16. The van der Waals surface area contributed by atoms with E-state index in [4.69, 9.17) is 8.83 Å². The van der Waals surface area contributed by atoms with Gasteiger partial charge in [-0.3, -0.25) is 0 Å². The number of benzene rings is 10. The summed E-state index contributed by atoms with van der Waals surface area (Å²) >= 11 is 0. The van der Waals surface area contributed by atoms with Crippen LogP contribution in [0.15, 0.2) is 197 Å². The fraction of sp³-hybridized carbons (Fsp3) is 0.0526. The Bertz CT molecular complexity index is 3770. The summed E-state index contributed by atoms with van der Waals surface area (Å²) in [5.74, 6) is 0. The average Bonchev–Trinajstić information content (AvgIpc) is 3.93. The lowest BCUT2D eigenvalue weighted by molar-refractivity contribution is 0.660. The second kappa shape index (κ2) is 12.2. The fourth-order valence-corrected chi connectivity index (χ4v) is 10.4. The molecular weight excluding hydrogens is 731 g/mol. The molecule has 0 fully saturated rings. The lowest BCUT2D eigenvalue weighted by atomic mass is 9.82. The number of furan rings is 2. The highest BCUT2D eigenvalue weighted by Gasteiger charge is 2.36. The zero-order valence-electron chi connectivity index (χ0n) is 33.2. The molecule has 0 unspecified atom stereocenters. The van der Waals surface area contributed by atoms with Gasteiger partial charge in [0.15, 0.2) is 0 Å². The van der Waals surface area contributed by atoms with Crippen LogP contribution in [0.3, 0.4) is 0 Å². The first-order valence-electron chi connectivity index (χ1n) is 20.7. The molecule has 2 aromatic heterocycles. The van der Waals surface area contributed by atoms with Gasteiger partial charge in [0.05, 0.1) is 5.69 Å². The van der Waals surface area contributed by atoms with Crippen molar-refractivity contribution in [1.82, 2.24) is 0 Å². The van der Waals surface area contributed by atoms with Crippen molar-refractivity contribution in [2.45, 2.75) is 19.3 Å². The predicted molar refractivity (Wildman–Crippen MR) is 251 cm³/mol. The summed E-state index contributed by atoms with van der Waals surface area (Å²) in [7, 11) is 0. The monoisotopic (exact) mass is 767 g/mol. The molecule has 1 aliphatic rings. The molecule has 0 aliphatic heterocycles. The van der Waals surface area contributed by atoms with Crippen LogP contribution in [0.1, 0.15) is 25.0 Å². The highest BCUT2D eigenvalue weighted by Crippen LogP contribution is 2.52. The van der Waals surface area contributed by atoms with Gasteiger partial charge in [-0.15, -0.1) is 0 Å². The molecule has 3 nitrogen and oxygen atoms in total. The number of nitrogens with zero attached hydrogens (tertiary/aromatic N) is 1. The Kier molecular flexibility index (Phi) is 6.78. The van der Waals surface area contributed by atoms with Crippen LogP contribution in [-0.2, 0) is 5.41 Å². The van der Waals surface area contributed by atoms with Gasteiger partial charge in [0, 0.05) is 54.8 Å². The van der Waals surface area contributed by atoms with E-state index in [9.17, 15) is 0 Å². The van der Waals surface area contributed by atoms with Crippen molar-refractivity contribution in [3.05, 3.63) is 199 Å². The van der Waals surface area contributed by atoms with Crippen LogP contribution in [0.4, 0.5) is 17.1 Å². The minimum absolute atomic E-state index is 0.149. The molecule has 10 aromatic carbocycles. The summed E-state index contributed by atoms with van der Waals surface area (Å²) in [6.45, 7) is 4.71. The topological polar surface area (TPSA) is 29.5 Å². The van der Waals surface area contributed by atoms with Gasteiger partial charge in [0.1, 0.15) is 22.3 Å². The summed E-state index contributed by atoms with van der Waals surface area (Å²) in [5, 5.41) is 11.5. The molecule has 0 saturated carbocycles. The quantitative estimate of drug-likeness (QED) is 0.167. The van der Waals surface area contributed by atoms with E-state index in [1.165, 1.54) is 43.8 Å². The van der Waals surface area contributed by atoms with Crippen molar-refractivity contribution < 1.29 is 8.83 Å². The van der Waals surface area contributed by atoms with Crippen molar-refractivity contribution in [3.63, 3.8) is 0 Å². The van der Waals surface area contributed by atoms with Gasteiger partial charge in [-0.25, -0.2) is 0 Å². The first kappa shape index (κ1) is 33.4. The van der Waals surface area contributed by atoms with E-state index in [1.807, 2.05) is 12.1 Å². The van der Waals surface area contributed by atoms with Crippen LogP contribution >= 0.6 is 0 Å². The molecule has 0 saturated heterocycles. The lowest BCUT2D eigenvalue weighted by Gasteiger charge is -2.29. The number of fused-ring (bicyclic) bond motifs is 13. The minimum atomic E-state index is -0.149. The Morgan fingerprint density at radius 1 is 0.367 bits per heavy atom.